The summed E-state index contributed by atoms with van der Waals surface area (Å²) in [6, 6.07) is 9.97. The van der Waals surface area contributed by atoms with E-state index in [9.17, 15) is 18.0 Å². The third-order valence-corrected chi connectivity index (χ3v) is 5.81. The number of halogens is 4. The van der Waals surface area contributed by atoms with Crippen molar-refractivity contribution >= 4 is 29.0 Å². The van der Waals surface area contributed by atoms with Crippen molar-refractivity contribution in [3.63, 3.8) is 0 Å². The molecule has 6 nitrogen and oxygen atoms in total. The average molecular weight is 467 g/mol. The van der Waals surface area contributed by atoms with Crippen LogP contribution in [-0.4, -0.2) is 34.5 Å². The molecule has 4 rings (SSSR count). The Morgan fingerprint density at radius 3 is 2.41 bits per heavy atom. The molecule has 2 N–H and O–H groups in total. The fourth-order valence-electron chi connectivity index (χ4n) is 3.90. The zero-order valence-electron chi connectivity index (χ0n) is 17.2. The number of fused-ring (bicyclic) bond motifs is 1. The summed E-state index contributed by atoms with van der Waals surface area (Å²) in [5.74, 6) is 1.00. The number of benzene rings is 1. The number of carbonyl (C=O) groups excluding carboxylic acids is 1. The molecule has 170 valence electrons. The molecule has 1 saturated carbocycles. The van der Waals surface area contributed by atoms with Gasteiger partial charge in [0.2, 0.25) is 0 Å². The fraction of sp³-hybridized carbons (Fsp3) is 0.364. The number of pyridine rings is 1. The molecular weight excluding hydrogens is 445 g/mol. The number of methoxy groups -OCH3 is 1. The first-order valence-electron chi connectivity index (χ1n) is 10.2. The van der Waals surface area contributed by atoms with Crippen LogP contribution in [0.4, 0.5) is 19.0 Å². The first kappa shape index (κ1) is 22.3. The van der Waals surface area contributed by atoms with Crippen molar-refractivity contribution in [2.24, 2.45) is 0 Å². The Labute approximate surface area is 187 Å². The van der Waals surface area contributed by atoms with E-state index in [4.69, 9.17) is 16.3 Å². The van der Waals surface area contributed by atoms with Crippen molar-refractivity contribution in [1.82, 2.24) is 14.7 Å². The smallest absolute Gasteiger partial charge is 0.434 e. The molecule has 3 aromatic rings. The van der Waals surface area contributed by atoms with E-state index in [1.54, 1.807) is 37.4 Å². The predicted molar refractivity (Wildman–Crippen MR) is 115 cm³/mol. The summed E-state index contributed by atoms with van der Waals surface area (Å²) in [6.45, 7) is 0. The number of hydrogen-bond acceptors (Lipinski definition) is 4. The second kappa shape index (κ2) is 8.90. The molecule has 1 fully saturated rings. The molecule has 1 aromatic carbocycles. The number of nitrogens with zero attached hydrogens (tertiary/aromatic N) is 2. The lowest BCUT2D eigenvalue weighted by Gasteiger charge is -2.30. The van der Waals surface area contributed by atoms with E-state index in [1.807, 2.05) is 0 Å². The largest absolute Gasteiger partial charge is 0.497 e. The maximum absolute atomic E-state index is 13.1. The van der Waals surface area contributed by atoms with Crippen LogP contribution in [0.5, 0.6) is 5.75 Å². The molecule has 0 bridgehead atoms. The van der Waals surface area contributed by atoms with Crippen LogP contribution in [-0.2, 0) is 6.18 Å². The molecule has 0 radical (unpaired) electrons. The number of ether oxygens (including phenoxy) is 1. The minimum Gasteiger partial charge on any atom is -0.497 e. The van der Waals surface area contributed by atoms with E-state index in [2.05, 4.69) is 15.6 Å². The second-order valence-corrected chi connectivity index (χ2v) is 8.24. The molecule has 2 heterocycles. The van der Waals surface area contributed by atoms with Crippen LogP contribution in [0.15, 0.2) is 42.6 Å². The Morgan fingerprint density at radius 2 is 1.78 bits per heavy atom. The number of alkyl halides is 3. The molecule has 1 aliphatic carbocycles. The number of aromatic nitrogens is 2. The van der Waals surface area contributed by atoms with Gasteiger partial charge in [0.05, 0.1) is 7.11 Å². The highest BCUT2D eigenvalue weighted by molar-refractivity contribution is 6.31. The summed E-state index contributed by atoms with van der Waals surface area (Å²) in [5.41, 5.74) is -0.270. The Morgan fingerprint density at radius 1 is 1.12 bits per heavy atom. The van der Waals surface area contributed by atoms with Gasteiger partial charge in [-0.1, -0.05) is 11.6 Å². The van der Waals surface area contributed by atoms with Crippen LogP contribution >= 0.6 is 11.6 Å². The third kappa shape index (κ3) is 4.93. The zero-order chi connectivity index (χ0) is 22.9. The molecule has 0 saturated heterocycles. The van der Waals surface area contributed by atoms with E-state index in [0.717, 1.165) is 31.9 Å². The lowest BCUT2D eigenvalue weighted by Crippen LogP contribution is -2.40. The highest BCUT2D eigenvalue weighted by atomic mass is 35.5. The minimum atomic E-state index is -4.53. The van der Waals surface area contributed by atoms with E-state index < -0.39 is 11.9 Å². The number of carbonyl (C=O) groups is 1. The van der Waals surface area contributed by atoms with Gasteiger partial charge in [-0.15, -0.1) is 0 Å². The SMILES string of the molecule is COc1ccc(C(=O)NC2CCC(Nc3cc(Cl)cc4nc(C(F)(F)F)cn34)CC2)cc1. The molecule has 2 aromatic heterocycles. The van der Waals surface area contributed by atoms with Gasteiger partial charge in [0.15, 0.2) is 5.69 Å². The van der Waals surface area contributed by atoms with Crippen LogP contribution in [0.2, 0.25) is 5.02 Å². The maximum atomic E-state index is 13.1. The van der Waals surface area contributed by atoms with Crippen molar-refractivity contribution in [2.45, 2.75) is 43.9 Å². The summed E-state index contributed by atoms with van der Waals surface area (Å²) < 4.78 is 45.6. The highest BCUT2D eigenvalue weighted by Crippen LogP contribution is 2.31. The van der Waals surface area contributed by atoms with Crippen molar-refractivity contribution in [1.29, 1.82) is 0 Å². The molecule has 0 atom stereocenters. The van der Waals surface area contributed by atoms with Gasteiger partial charge in [-0.05, 0) is 56.0 Å². The van der Waals surface area contributed by atoms with Crippen molar-refractivity contribution < 1.29 is 22.7 Å². The number of amides is 1. The summed E-state index contributed by atoms with van der Waals surface area (Å²) in [7, 11) is 1.57. The second-order valence-electron chi connectivity index (χ2n) is 7.81. The van der Waals surface area contributed by atoms with Crippen LogP contribution in [0, 0.1) is 0 Å². The summed E-state index contributed by atoms with van der Waals surface area (Å²) >= 11 is 6.09. The number of hydrogen-bond donors (Lipinski definition) is 2. The Kier molecular flexibility index (Phi) is 6.19. The van der Waals surface area contributed by atoms with Gasteiger partial charge >= 0.3 is 6.18 Å². The zero-order valence-corrected chi connectivity index (χ0v) is 18.0. The quantitative estimate of drug-likeness (QED) is 0.544. The fourth-order valence-corrected chi connectivity index (χ4v) is 4.11. The predicted octanol–water partition coefficient (Wildman–Crippen LogP) is 5.17. The van der Waals surface area contributed by atoms with E-state index in [-0.39, 0.29) is 23.6 Å². The summed E-state index contributed by atoms with van der Waals surface area (Å²) in [5, 5.41) is 6.64. The molecule has 1 amide bonds. The summed E-state index contributed by atoms with van der Waals surface area (Å²) in [6.07, 6.45) is -0.558. The molecule has 0 unspecified atom stereocenters. The lowest BCUT2D eigenvalue weighted by molar-refractivity contribution is -0.140. The number of rotatable bonds is 5. The van der Waals surface area contributed by atoms with Crippen LogP contribution in [0.1, 0.15) is 41.7 Å². The van der Waals surface area contributed by atoms with E-state index in [1.165, 1.54) is 10.5 Å². The lowest BCUT2D eigenvalue weighted by atomic mass is 9.91. The first-order valence-corrected chi connectivity index (χ1v) is 10.6. The molecule has 32 heavy (non-hydrogen) atoms. The Balaban J connectivity index is 1.38. The van der Waals surface area contributed by atoms with Gasteiger partial charge in [-0.25, -0.2) is 4.98 Å². The maximum Gasteiger partial charge on any atom is 0.434 e. The van der Waals surface area contributed by atoms with Gasteiger partial charge in [0.25, 0.3) is 5.91 Å². The normalized spacial score (nSPS) is 19.0. The third-order valence-electron chi connectivity index (χ3n) is 5.59. The van der Waals surface area contributed by atoms with Gasteiger partial charge < -0.3 is 15.4 Å². The monoisotopic (exact) mass is 466 g/mol. The van der Waals surface area contributed by atoms with E-state index >= 15 is 0 Å². The van der Waals surface area contributed by atoms with Crippen molar-refractivity contribution in [3.8, 4) is 5.75 Å². The highest BCUT2D eigenvalue weighted by Gasteiger charge is 2.34. The molecule has 1 aliphatic rings. The van der Waals surface area contributed by atoms with Crippen LogP contribution in [0.25, 0.3) is 5.65 Å². The number of nitrogens with one attached hydrogen (secondary N) is 2. The Bertz CT molecular complexity index is 1110. The van der Waals surface area contributed by atoms with Crippen molar-refractivity contribution in [2.75, 3.05) is 12.4 Å². The van der Waals surface area contributed by atoms with Gasteiger partial charge in [-0.2, -0.15) is 13.2 Å². The number of anilines is 1. The molecular formula is C22H22ClF3N4O2. The summed E-state index contributed by atoms with van der Waals surface area (Å²) in [4.78, 5) is 16.1. The minimum absolute atomic E-state index is 0.0344. The molecule has 10 heteroatoms. The molecule has 0 aliphatic heterocycles. The molecule has 0 spiro atoms. The Hall–Kier alpha value is -2.94. The average Bonchev–Trinajstić information content (AvgIpc) is 3.20. The van der Waals surface area contributed by atoms with Crippen LogP contribution < -0.4 is 15.4 Å². The first-order chi connectivity index (χ1) is 15.2. The van der Waals surface area contributed by atoms with Gasteiger partial charge in [0.1, 0.15) is 17.2 Å². The van der Waals surface area contributed by atoms with Gasteiger partial charge in [-0.3, -0.25) is 9.20 Å². The van der Waals surface area contributed by atoms with Crippen LogP contribution in [0.3, 0.4) is 0 Å². The van der Waals surface area contributed by atoms with Gasteiger partial charge in [0, 0.05) is 34.9 Å². The topological polar surface area (TPSA) is 67.7 Å². The standard InChI is InChI=1S/C22H22ClF3N4O2/c1-32-17-8-2-13(3-9-17)21(31)28-16-6-4-15(5-7-16)27-19-10-14(23)11-20-29-18(12-30(19)20)22(24,25)26/h2-3,8-12,15-16,27H,4-7H2,1H3,(H,28,31). The van der Waals surface area contributed by atoms with E-state index in [0.29, 0.717) is 22.2 Å². The number of imidazole rings is 1. The van der Waals surface area contributed by atoms with Crippen molar-refractivity contribution in [3.05, 3.63) is 58.9 Å².